The highest BCUT2D eigenvalue weighted by Crippen LogP contribution is 2.09. The van der Waals surface area contributed by atoms with Gasteiger partial charge in [0.1, 0.15) is 0 Å². The van der Waals surface area contributed by atoms with E-state index in [1.54, 1.807) is 0 Å². The lowest BCUT2D eigenvalue weighted by molar-refractivity contribution is -0.126. The van der Waals surface area contributed by atoms with Crippen LogP contribution in [0.4, 0.5) is 0 Å². The van der Waals surface area contributed by atoms with Crippen molar-refractivity contribution in [2.45, 2.75) is 39.8 Å². The van der Waals surface area contributed by atoms with Gasteiger partial charge in [-0.2, -0.15) is 0 Å². The number of carbonyl (C=O) groups is 1. The Balaban J connectivity index is 2.35. The van der Waals surface area contributed by atoms with Gasteiger partial charge in [0.25, 0.3) is 0 Å². The second-order valence-electron chi connectivity index (χ2n) is 5.97. The van der Waals surface area contributed by atoms with E-state index in [9.17, 15) is 4.79 Å². The molecule has 1 aliphatic rings. The third-order valence-electron chi connectivity index (χ3n) is 3.93. The van der Waals surface area contributed by atoms with Crippen molar-refractivity contribution >= 4 is 5.91 Å². The maximum absolute atomic E-state index is 12.0. The molecule has 0 bridgehead atoms. The summed E-state index contributed by atoms with van der Waals surface area (Å²) in [5, 5.41) is 3.01. The van der Waals surface area contributed by atoms with Crippen LogP contribution in [0.2, 0.25) is 0 Å². The molecule has 1 aliphatic heterocycles. The Morgan fingerprint density at radius 3 is 2.11 bits per heavy atom. The fourth-order valence-electron chi connectivity index (χ4n) is 2.33. The molecule has 0 aliphatic carbocycles. The minimum absolute atomic E-state index is 0.0333. The summed E-state index contributed by atoms with van der Waals surface area (Å²) in [7, 11) is 0. The van der Waals surface area contributed by atoms with Crippen LogP contribution >= 0.6 is 0 Å². The van der Waals surface area contributed by atoms with Crippen LogP contribution in [0.5, 0.6) is 0 Å². The average molecular weight is 270 g/mol. The first-order valence-electron chi connectivity index (χ1n) is 7.41. The number of carbonyl (C=O) groups excluding carboxylic acids is 1. The predicted molar refractivity (Wildman–Crippen MR) is 79.0 cm³/mol. The number of nitrogens with zero attached hydrogens (tertiary/aromatic N) is 2. The van der Waals surface area contributed by atoms with Crippen molar-refractivity contribution in [3.63, 3.8) is 0 Å². The number of hydrogen-bond donors (Lipinski definition) is 2. The first-order chi connectivity index (χ1) is 8.95. The molecule has 3 N–H and O–H groups in total. The van der Waals surface area contributed by atoms with Gasteiger partial charge in [0.05, 0.1) is 6.04 Å². The molecular formula is C14H30N4O. The maximum atomic E-state index is 12.0. The quantitative estimate of drug-likeness (QED) is 0.719. The standard InChI is InChI=1S/C14H30N4O/c1-11(2)10-16-14(19)13(4)18-7-5-17(6-8-18)12(3)9-15/h11-13H,5-10,15H2,1-4H3,(H,16,19). The second-order valence-corrected chi connectivity index (χ2v) is 5.97. The summed E-state index contributed by atoms with van der Waals surface area (Å²) in [4.78, 5) is 16.7. The Morgan fingerprint density at radius 2 is 1.63 bits per heavy atom. The molecule has 0 saturated carbocycles. The lowest BCUT2D eigenvalue weighted by Gasteiger charge is -2.39. The number of hydrogen-bond acceptors (Lipinski definition) is 4. The summed E-state index contributed by atoms with van der Waals surface area (Å²) in [5.41, 5.74) is 5.69. The molecule has 5 heteroatoms. The number of piperazine rings is 1. The monoisotopic (exact) mass is 270 g/mol. The molecule has 112 valence electrons. The van der Waals surface area contributed by atoms with Gasteiger partial charge < -0.3 is 11.1 Å². The van der Waals surface area contributed by atoms with Gasteiger partial charge in [-0.25, -0.2) is 0 Å². The maximum Gasteiger partial charge on any atom is 0.237 e. The summed E-state index contributed by atoms with van der Waals surface area (Å²) in [5.74, 6) is 0.646. The first kappa shape index (κ1) is 16.4. The lowest BCUT2D eigenvalue weighted by atomic mass is 10.1. The van der Waals surface area contributed by atoms with Crippen molar-refractivity contribution in [3.05, 3.63) is 0 Å². The summed E-state index contributed by atoms with van der Waals surface area (Å²) in [6, 6.07) is 0.404. The molecule has 1 saturated heterocycles. The van der Waals surface area contributed by atoms with Crippen molar-refractivity contribution in [1.82, 2.24) is 15.1 Å². The molecule has 1 heterocycles. The average Bonchev–Trinajstić information content (AvgIpc) is 2.43. The van der Waals surface area contributed by atoms with Crippen LogP contribution in [0.25, 0.3) is 0 Å². The fourth-order valence-corrected chi connectivity index (χ4v) is 2.33. The van der Waals surface area contributed by atoms with E-state index in [1.807, 2.05) is 6.92 Å². The zero-order valence-corrected chi connectivity index (χ0v) is 12.9. The minimum Gasteiger partial charge on any atom is -0.354 e. The molecule has 1 fully saturated rings. The van der Waals surface area contributed by atoms with Crippen LogP contribution in [-0.4, -0.2) is 67.1 Å². The first-order valence-corrected chi connectivity index (χ1v) is 7.41. The molecule has 0 aromatic heterocycles. The summed E-state index contributed by atoms with van der Waals surface area (Å²) < 4.78 is 0. The largest absolute Gasteiger partial charge is 0.354 e. The molecule has 1 amide bonds. The second kappa shape index (κ2) is 7.82. The molecule has 1 rings (SSSR count). The van der Waals surface area contributed by atoms with E-state index in [2.05, 4.69) is 35.9 Å². The Hall–Kier alpha value is -0.650. The molecule has 2 unspecified atom stereocenters. The number of rotatable bonds is 6. The van der Waals surface area contributed by atoms with Crippen molar-refractivity contribution in [3.8, 4) is 0 Å². The Labute approximate surface area is 117 Å². The number of nitrogens with two attached hydrogens (primary N) is 1. The highest BCUT2D eigenvalue weighted by molar-refractivity contribution is 5.81. The van der Waals surface area contributed by atoms with E-state index >= 15 is 0 Å². The lowest BCUT2D eigenvalue weighted by Crippen LogP contribution is -2.56. The van der Waals surface area contributed by atoms with E-state index < -0.39 is 0 Å². The Morgan fingerprint density at radius 1 is 1.11 bits per heavy atom. The number of amides is 1. The molecule has 2 atom stereocenters. The van der Waals surface area contributed by atoms with Gasteiger partial charge in [-0.3, -0.25) is 14.6 Å². The van der Waals surface area contributed by atoms with Crippen molar-refractivity contribution < 1.29 is 4.79 Å². The SMILES string of the molecule is CC(C)CNC(=O)C(C)N1CCN(C(C)CN)CC1. The molecule has 0 aromatic carbocycles. The van der Waals surface area contributed by atoms with E-state index in [0.29, 0.717) is 18.5 Å². The highest BCUT2D eigenvalue weighted by Gasteiger charge is 2.26. The molecule has 0 radical (unpaired) electrons. The predicted octanol–water partition coefficient (Wildman–Crippen LogP) is 0.112. The molecule has 0 aromatic rings. The topological polar surface area (TPSA) is 61.6 Å². The third-order valence-corrected chi connectivity index (χ3v) is 3.93. The Kier molecular flexibility index (Phi) is 6.75. The smallest absolute Gasteiger partial charge is 0.237 e. The Bertz CT molecular complexity index is 275. The van der Waals surface area contributed by atoms with Crippen molar-refractivity contribution in [2.75, 3.05) is 39.3 Å². The summed E-state index contributed by atoms with van der Waals surface area (Å²) in [6.45, 7) is 13.7. The van der Waals surface area contributed by atoms with Gasteiger partial charge in [0.15, 0.2) is 0 Å². The third kappa shape index (κ3) is 5.09. The van der Waals surface area contributed by atoms with Crippen molar-refractivity contribution in [1.29, 1.82) is 0 Å². The fraction of sp³-hybridized carbons (Fsp3) is 0.929. The van der Waals surface area contributed by atoms with Gasteiger partial charge in [-0.05, 0) is 19.8 Å². The van der Waals surface area contributed by atoms with Gasteiger partial charge >= 0.3 is 0 Å². The van der Waals surface area contributed by atoms with Crippen LogP contribution < -0.4 is 11.1 Å². The summed E-state index contributed by atoms with van der Waals surface area (Å²) in [6.07, 6.45) is 0. The van der Waals surface area contributed by atoms with Gasteiger partial charge in [-0.15, -0.1) is 0 Å². The van der Waals surface area contributed by atoms with Crippen LogP contribution in [0.3, 0.4) is 0 Å². The molecule has 5 nitrogen and oxygen atoms in total. The molecule has 19 heavy (non-hydrogen) atoms. The van der Waals surface area contributed by atoms with E-state index in [4.69, 9.17) is 5.73 Å². The summed E-state index contributed by atoms with van der Waals surface area (Å²) >= 11 is 0. The molecule has 0 spiro atoms. The van der Waals surface area contributed by atoms with E-state index in [0.717, 1.165) is 32.7 Å². The van der Waals surface area contributed by atoms with Crippen LogP contribution in [0.1, 0.15) is 27.7 Å². The van der Waals surface area contributed by atoms with Gasteiger partial charge in [0, 0.05) is 45.3 Å². The van der Waals surface area contributed by atoms with Crippen LogP contribution in [-0.2, 0) is 4.79 Å². The van der Waals surface area contributed by atoms with Crippen molar-refractivity contribution in [2.24, 2.45) is 11.7 Å². The van der Waals surface area contributed by atoms with E-state index in [1.165, 1.54) is 0 Å². The van der Waals surface area contributed by atoms with E-state index in [-0.39, 0.29) is 11.9 Å². The van der Waals surface area contributed by atoms with Crippen LogP contribution in [0, 0.1) is 5.92 Å². The number of nitrogens with one attached hydrogen (secondary N) is 1. The minimum atomic E-state index is -0.0333. The van der Waals surface area contributed by atoms with Gasteiger partial charge in [-0.1, -0.05) is 13.8 Å². The highest BCUT2D eigenvalue weighted by atomic mass is 16.2. The zero-order chi connectivity index (χ0) is 14.4. The molecular weight excluding hydrogens is 240 g/mol. The zero-order valence-electron chi connectivity index (χ0n) is 12.9. The van der Waals surface area contributed by atoms with Crippen LogP contribution in [0.15, 0.2) is 0 Å². The normalized spacial score (nSPS) is 21.4. The van der Waals surface area contributed by atoms with Gasteiger partial charge in [0.2, 0.25) is 5.91 Å².